The second-order valence-electron chi connectivity index (χ2n) is 2.84. The van der Waals surface area contributed by atoms with Crippen molar-refractivity contribution >= 4 is 17.3 Å². The van der Waals surface area contributed by atoms with Crippen LogP contribution in [-0.4, -0.2) is 11.4 Å². The molecule has 0 atom stereocenters. The molecule has 0 aliphatic carbocycles. The number of carbonyl (C=O) groups excluding carboxylic acids is 1. The molecular weight excluding hydrogens is 180 g/mol. The molecule has 1 heterocycles. The minimum atomic E-state index is -0.601. The predicted octanol–water partition coefficient (Wildman–Crippen LogP) is 2.51. The third-order valence-corrected chi connectivity index (χ3v) is 2.00. The molecule has 0 aliphatic heterocycles. The van der Waals surface area contributed by atoms with Gasteiger partial charge in [0.1, 0.15) is 17.1 Å². The van der Waals surface area contributed by atoms with Crippen molar-refractivity contribution < 1.29 is 18.4 Å². The molecule has 2 rings (SSSR count). The van der Waals surface area contributed by atoms with Crippen LogP contribution < -0.4 is 0 Å². The van der Waals surface area contributed by atoms with Crippen LogP contribution in [0.15, 0.2) is 22.5 Å². The van der Waals surface area contributed by atoms with E-state index in [1.54, 1.807) is 6.92 Å². The Kier molecular flexibility index (Phi) is 1.33. The summed E-state index contributed by atoms with van der Waals surface area (Å²) in [6.07, 6.45) is 0.994. The summed E-state index contributed by atoms with van der Waals surface area (Å²) in [7, 11) is 0. The monoisotopic (exact) mass is 193 g/mol. The van der Waals surface area contributed by atoms with Crippen molar-refractivity contribution in [3.05, 3.63) is 29.5 Å². The van der Waals surface area contributed by atoms with Crippen LogP contribution in [0, 0.1) is 0 Å². The summed E-state index contributed by atoms with van der Waals surface area (Å²) in [5.41, 5.74) is 0.178. The summed E-state index contributed by atoms with van der Waals surface area (Å²) in [5, 5.41) is 9.62. The van der Waals surface area contributed by atoms with E-state index in [2.05, 4.69) is 0 Å². The molecule has 0 spiro atoms. The summed E-state index contributed by atoms with van der Waals surface area (Å²) in [5.74, 6) is -0.238. The van der Waals surface area contributed by atoms with E-state index in [9.17, 15) is 9.90 Å². The number of phenolic OH excluding ortho intramolecular Hbond substituents is 1. The lowest BCUT2D eigenvalue weighted by molar-refractivity contribution is 0.112. The van der Waals surface area contributed by atoms with E-state index < -0.39 is 11.8 Å². The second-order valence-corrected chi connectivity index (χ2v) is 2.84. The van der Waals surface area contributed by atoms with Crippen molar-refractivity contribution in [3.8, 4) is 5.75 Å². The Balaban J connectivity index is 3.03. The van der Waals surface area contributed by atoms with Crippen LogP contribution >= 0.6 is 0 Å². The first-order chi connectivity index (χ1) is 8.02. The third kappa shape index (κ3) is 1.18. The quantitative estimate of drug-likeness (QED) is 0.745. The van der Waals surface area contributed by atoms with E-state index in [4.69, 9.17) is 8.53 Å². The predicted molar refractivity (Wildman–Crippen MR) is 52.6 cm³/mol. The highest BCUT2D eigenvalue weighted by Gasteiger charge is 2.11. The van der Waals surface area contributed by atoms with Gasteiger partial charge in [-0.15, -0.1) is 0 Å². The van der Waals surface area contributed by atoms with E-state index in [0.29, 0.717) is 18.5 Å². The highest BCUT2D eigenvalue weighted by Crippen LogP contribution is 2.27. The first kappa shape index (κ1) is 5.86. The summed E-state index contributed by atoms with van der Waals surface area (Å²) >= 11 is 0. The van der Waals surface area contributed by atoms with E-state index in [-0.39, 0.29) is 28.6 Å². The number of aromatic hydroxyl groups is 1. The van der Waals surface area contributed by atoms with Gasteiger partial charge in [0, 0.05) is 17.8 Å². The number of furan rings is 1. The fraction of sp³-hybridized carbons (Fsp3) is 0.182. The van der Waals surface area contributed by atoms with Gasteiger partial charge in [-0.3, -0.25) is 4.79 Å². The molecule has 0 saturated carbocycles. The Labute approximate surface area is 85.2 Å². The van der Waals surface area contributed by atoms with Gasteiger partial charge in [-0.05, 0) is 12.1 Å². The van der Waals surface area contributed by atoms with Crippen LogP contribution in [0.5, 0.6) is 5.75 Å². The number of hydrogen-bond donors (Lipinski definition) is 1. The Hall–Kier alpha value is -1.77. The van der Waals surface area contributed by atoms with Gasteiger partial charge in [0.25, 0.3) is 0 Å². The van der Waals surface area contributed by atoms with Gasteiger partial charge in [-0.1, -0.05) is 6.92 Å². The van der Waals surface area contributed by atoms with Crippen molar-refractivity contribution in [1.29, 1.82) is 0 Å². The van der Waals surface area contributed by atoms with Crippen molar-refractivity contribution in [2.75, 3.05) is 0 Å². The van der Waals surface area contributed by atoms with Crippen LogP contribution in [-0.2, 0) is 6.42 Å². The van der Waals surface area contributed by atoms with Crippen LogP contribution in [0.25, 0.3) is 11.0 Å². The first-order valence-electron chi connectivity index (χ1n) is 5.72. The number of aryl methyl sites for hydroxylation is 1. The van der Waals surface area contributed by atoms with Gasteiger partial charge in [0.05, 0.1) is 9.68 Å². The normalized spacial score (nSPS) is 13.6. The molecule has 0 aliphatic rings. The van der Waals surface area contributed by atoms with Gasteiger partial charge in [-0.2, -0.15) is 0 Å². The van der Waals surface area contributed by atoms with Crippen molar-refractivity contribution in [3.63, 3.8) is 0 Å². The molecule has 0 fully saturated rings. The third-order valence-electron chi connectivity index (χ3n) is 2.00. The van der Waals surface area contributed by atoms with E-state index in [0.717, 1.165) is 0 Å². The molecule has 0 saturated heterocycles. The maximum absolute atomic E-state index is 11.0. The number of fused-ring (bicyclic) bond motifs is 1. The fourth-order valence-electron chi connectivity index (χ4n) is 1.35. The maximum Gasteiger partial charge on any atom is 0.154 e. The van der Waals surface area contributed by atoms with E-state index >= 15 is 0 Å². The highest BCUT2D eigenvalue weighted by atomic mass is 16.3. The Morgan fingerprint density at radius 3 is 3.07 bits per heavy atom. The molecule has 0 unspecified atom stereocenters. The minimum absolute atomic E-state index is 0.0116. The SMILES string of the molecule is [2H]c1c(O)c([2H])c2oc(CC)c(C=O)c2c1[2H]. The largest absolute Gasteiger partial charge is 0.508 e. The molecule has 0 radical (unpaired) electrons. The number of aldehydes is 1. The number of carbonyl (C=O) groups is 1. The van der Waals surface area contributed by atoms with E-state index in [1.165, 1.54) is 0 Å². The molecule has 3 nitrogen and oxygen atoms in total. The van der Waals surface area contributed by atoms with Gasteiger partial charge in [0.15, 0.2) is 6.29 Å². The zero-order valence-corrected chi connectivity index (χ0v) is 7.55. The molecule has 72 valence electrons. The summed E-state index contributed by atoms with van der Waals surface area (Å²) in [6.45, 7) is 1.78. The van der Waals surface area contributed by atoms with Crippen LogP contribution in [0.2, 0.25) is 0 Å². The Morgan fingerprint density at radius 1 is 1.64 bits per heavy atom. The Morgan fingerprint density at radius 2 is 2.43 bits per heavy atom. The molecule has 2 aromatic rings. The standard InChI is InChI=1S/C11H10O3/c1-2-10-9(6-12)8-4-3-7(13)5-11(8)14-10/h3-6,13H,2H2,1H3/i3D,4D,5D. The lowest BCUT2D eigenvalue weighted by Crippen LogP contribution is -1.83. The number of hydrogen-bond acceptors (Lipinski definition) is 3. The van der Waals surface area contributed by atoms with Crippen LogP contribution in [0.3, 0.4) is 0 Å². The lowest BCUT2D eigenvalue weighted by Gasteiger charge is -1.89. The highest BCUT2D eigenvalue weighted by molar-refractivity contribution is 5.97. The molecule has 0 amide bonds. The average Bonchev–Trinajstić information content (AvgIpc) is 2.72. The van der Waals surface area contributed by atoms with Crippen LogP contribution in [0.4, 0.5) is 0 Å². The summed E-state index contributed by atoms with van der Waals surface area (Å²) in [6, 6.07) is -1.11. The number of phenols is 1. The minimum Gasteiger partial charge on any atom is -0.508 e. The van der Waals surface area contributed by atoms with Gasteiger partial charge >= 0.3 is 0 Å². The number of benzene rings is 1. The maximum atomic E-state index is 11.0. The topological polar surface area (TPSA) is 50.4 Å². The van der Waals surface area contributed by atoms with Gasteiger partial charge in [0.2, 0.25) is 0 Å². The molecule has 14 heavy (non-hydrogen) atoms. The molecule has 1 aromatic carbocycles. The van der Waals surface area contributed by atoms with Crippen molar-refractivity contribution in [1.82, 2.24) is 0 Å². The van der Waals surface area contributed by atoms with E-state index in [1.807, 2.05) is 0 Å². The first-order valence-corrected chi connectivity index (χ1v) is 4.22. The number of rotatable bonds is 2. The van der Waals surface area contributed by atoms with Gasteiger partial charge in [-0.25, -0.2) is 0 Å². The second kappa shape index (κ2) is 3.18. The van der Waals surface area contributed by atoms with Crippen molar-refractivity contribution in [2.24, 2.45) is 0 Å². The zero-order valence-electron chi connectivity index (χ0n) is 10.5. The summed E-state index contributed by atoms with van der Waals surface area (Å²) in [4.78, 5) is 11.0. The summed E-state index contributed by atoms with van der Waals surface area (Å²) < 4.78 is 28.1. The molecule has 1 aromatic heterocycles. The Bertz CT molecular complexity index is 616. The lowest BCUT2D eigenvalue weighted by atomic mass is 10.1. The fourth-order valence-corrected chi connectivity index (χ4v) is 1.35. The zero-order chi connectivity index (χ0) is 12.7. The smallest absolute Gasteiger partial charge is 0.154 e. The van der Waals surface area contributed by atoms with Crippen LogP contribution in [0.1, 0.15) is 27.2 Å². The molecule has 1 N–H and O–H groups in total. The van der Waals surface area contributed by atoms with Crippen molar-refractivity contribution in [2.45, 2.75) is 13.3 Å². The molecular formula is C11H10O3. The molecule has 3 heteroatoms. The molecule has 0 bridgehead atoms. The van der Waals surface area contributed by atoms with Gasteiger partial charge < -0.3 is 9.52 Å². The average molecular weight is 193 g/mol.